The minimum absolute atomic E-state index is 0.0124. The Morgan fingerprint density at radius 1 is 1.08 bits per heavy atom. The van der Waals surface area contributed by atoms with Crippen LogP contribution in [0, 0.1) is 5.92 Å². The SMILES string of the molecule is C/C(CC(=O)Nc1cccc2c1CCCC2)=N\NC(=O)C1CCCCC1. The molecule has 5 nitrogen and oxygen atoms in total. The molecule has 2 aliphatic rings. The largest absolute Gasteiger partial charge is 0.325 e. The molecular weight excluding hydrogens is 326 g/mol. The van der Waals surface area contributed by atoms with Gasteiger partial charge < -0.3 is 5.32 Å². The molecule has 3 rings (SSSR count). The average Bonchev–Trinajstić information content (AvgIpc) is 2.67. The Hall–Kier alpha value is -2.17. The van der Waals surface area contributed by atoms with E-state index in [0.29, 0.717) is 5.71 Å². The molecule has 0 spiro atoms. The number of rotatable bonds is 5. The van der Waals surface area contributed by atoms with Crippen molar-refractivity contribution < 1.29 is 9.59 Å². The van der Waals surface area contributed by atoms with Crippen LogP contribution < -0.4 is 10.7 Å². The third-order valence-corrected chi connectivity index (χ3v) is 5.42. The molecule has 0 bridgehead atoms. The molecule has 0 aromatic heterocycles. The van der Waals surface area contributed by atoms with Crippen molar-refractivity contribution in [1.82, 2.24) is 5.43 Å². The first-order chi connectivity index (χ1) is 12.6. The van der Waals surface area contributed by atoms with Gasteiger partial charge in [0.05, 0.1) is 6.42 Å². The fraction of sp³-hybridized carbons (Fsp3) is 0.571. The minimum atomic E-state index is -0.0860. The van der Waals surface area contributed by atoms with Gasteiger partial charge in [-0.15, -0.1) is 0 Å². The third-order valence-electron chi connectivity index (χ3n) is 5.42. The maximum Gasteiger partial charge on any atom is 0.243 e. The van der Waals surface area contributed by atoms with E-state index < -0.39 is 0 Å². The van der Waals surface area contributed by atoms with Gasteiger partial charge in [-0.1, -0.05) is 31.4 Å². The zero-order chi connectivity index (χ0) is 18.4. The van der Waals surface area contributed by atoms with Crippen LogP contribution in [0.25, 0.3) is 0 Å². The number of hydrogen-bond acceptors (Lipinski definition) is 3. The fourth-order valence-electron chi connectivity index (χ4n) is 3.97. The molecular formula is C21H29N3O2. The zero-order valence-corrected chi connectivity index (χ0v) is 15.6. The molecule has 0 aliphatic heterocycles. The minimum Gasteiger partial charge on any atom is -0.325 e. The highest BCUT2D eigenvalue weighted by Gasteiger charge is 2.21. The van der Waals surface area contributed by atoms with Gasteiger partial charge in [0.25, 0.3) is 0 Å². The lowest BCUT2D eigenvalue weighted by Gasteiger charge is -2.20. The van der Waals surface area contributed by atoms with E-state index in [2.05, 4.69) is 21.9 Å². The number of nitrogens with zero attached hydrogens (tertiary/aromatic N) is 1. The molecule has 1 saturated carbocycles. The first kappa shape index (κ1) is 18.6. The number of carbonyl (C=O) groups excluding carboxylic acids is 2. The molecule has 0 saturated heterocycles. The van der Waals surface area contributed by atoms with E-state index in [1.165, 1.54) is 30.4 Å². The Morgan fingerprint density at radius 3 is 2.65 bits per heavy atom. The van der Waals surface area contributed by atoms with E-state index in [4.69, 9.17) is 0 Å². The number of fused-ring (bicyclic) bond motifs is 1. The molecule has 2 N–H and O–H groups in total. The standard InChI is InChI=1S/C21H29N3O2/c1-15(23-24-21(26)17-9-3-2-4-10-17)14-20(25)22-19-13-7-11-16-8-5-6-12-18(16)19/h7,11,13,17H,2-6,8-10,12,14H2,1H3,(H,22,25)(H,24,26)/b23-15+. The Labute approximate surface area is 155 Å². The van der Waals surface area contributed by atoms with E-state index in [-0.39, 0.29) is 24.2 Å². The molecule has 5 heteroatoms. The molecule has 1 fully saturated rings. The summed E-state index contributed by atoms with van der Waals surface area (Å²) in [6.07, 6.45) is 10.0. The van der Waals surface area contributed by atoms with Gasteiger partial charge in [-0.05, 0) is 62.6 Å². The first-order valence-corrected chi connectivity index (χ1v) is 9.87. The van der Waals surface area contributed by atoms with Crippen molar-refractivity contribution in [3.8, 4) is 0 Å². The monoisotopic (exact) mass is 355 g/mol. The van der Waals surface area contributed by atoms with Gasteiger partial charge in [0.1, 0.15) is 0 Å². The molecule has 1 aromatic carbocycles. The highest BCUT2D eigenvalue weighted by atomic mass is 16.2. The maximum atomic E-state index is 12.4. The number of aryl methyl sites for hydroxylation is 1. The van der Waals surface area contributed by atoms with Crippen LogP contribution in [0.1, 0.15) is 69.4 Å². The number of carbonyl (C=O) groups is 2. The Morgan fingerprint density at radius 2 is 1.85 bits per heavy atom. The summed E-state index contributed by atoms with van der Waals surface area (Å²) in [7, 11) is 0. The maximum absolute atomic E-state index is 12.4. The number of hydrogen-bond donors (Lipinski definition) is 2. The predicted octanol–water partition coefficient (Wildman–Crippen LogP) is 3.97. The summed E-state index contributed by atoms with van der Waals surface area (Å²) in [5.41, 5.74) is 6.80. The summed E-state index contributed by atoms with van der Waals surface area (Å²) in [4.78, 5) is 24.5. The number of hydrazone groups is 1. The van der Waals surface area contributed by atoms with Gasteiger partial charge in [-0.2, -0.15) is 5.10 Å². The van der Waals surface area contributed by atoms with E-state index in [0.717, 1.165) is 44.2 Å². The number of amides is 2. The van der Waals surface area contributed by atoms with Crippen molar-refractivity contribution in [2.24, 2.45) is 11.0 Å². The second kappa shape index (κ2) is 8.97. The van der Waals surface area contributed by atoms with Crippen LogP contribution in [0.5, 0.6) is 0 Å². The topological polar surface area (TPSA) is 70.6 Å². The Balaban J connectivity index is 1.52. The molecule has 0 unspecified atom stereocenters. The number of nitrogens with one attached hydrogen (secondary N) is 2. The summed E-state index contributed by atoms with van der Waals surface area (Å²) in [5.74, 6) is -0.0244. The van der Waals surface area contributed by atoms with Crippen LogP contribution in [-0.2, 0) is 22.4 Å². The lowest BCUT2D eigenvalue weighted by Crippen LogP contribution is -2.29. The third kappa shape index (κ3) is 4.93. The molecule has 0 heterocycles. The van der Waals surface area contributed by atoms with Crippen LogP contribution in [0.2, 0.25) is 0 Å². The normalized spacial score (nSPS) is 18.1. The van der Waals surface area contributed by atoms with Crippen molar-refractivity contribution in [1.29, 1.82) is 0 Å². The summed E-state index contributed by atoms with van der Waals surface area (Å²) >= 11 is 0. The van der Waals surface area contributed by atoms with E-state index in [1.807, 2.05) is 12.1 Å². The zero-order valence-electron chi connectivity index (χ0n) is 15.6. The van der Waals surface area contributed by atoms with Gasteiger partial charge in [-0.3, -0.25) is 9.59 Å². The van der Waals surface area contributed by atoms with Crippen molar-refractivity contribution in [2.75, 3.05) is 5.32 Å². The van der Waals surface area contributed by atoms with Crippen molar-refractivity contribution in [3.05, 3.63) is 29.3 Å². The van der Waals surface area contributed by atoms with E-state index >= 15 is 0 Å². The second-order valence-corrected chi connectivity index (χ2v) is 7.53. The summed E-state index contributed by atoms with van der Waals surface area (Å²) in [6.45, 7) is 1.78. The van der Waals surface area contributed by atoms with Gasteiger partial charge in [0, 0.05) is 17.3 Å². The summed E-state index contributed by atoms with van der Waals surface area (Å²) in [6, 6.07) is 6.13. The Kier molecular flexibility index (Phi) is 6.42. The highest BCUT2D eigenvalue weighted by Crippen LogP contribution is 2.28. The van der Waals surface area contributed by atoms with E-state index in [9.17, 15) is 9.59 Å². The first-order valence-electron chi connectivity index (χ1n) is 9.87. The summed E-state index contributed by atoms with van der Waals surface area (Å²) in [5, 5.41) is 7.14. The van der Waals surface area contributed by atoms with Gasteiger partial charge in [0.15, 0.2) is 0 Å². The average molecular weight is 355 g/mol. The van der Waals surface area contributed by atoms with Crippen LogP contribution >= 0.6 is 0 Å². The highest BCUT2D eigenvalue weighted by molar-refractivity contribution is 6.06. The summed E-state index contributed by atoms with van der Waals surface area (Å²) < 4.78 is 0. The van der Waals surface area contributed by atoms with Crippen LogP contribution in [0.15, 0.2) is 23.3 Å². The van der Waals surface area contributed by atoms with Crippen LogP contribution in [-0.4, -0.2) is 17.5 Å². The van der Waals surface area contributed by atoms with Crippen molar-refractivity contribution >= 4 is 23.2 Å². The molecule has 0 radical (unpaired) electrons. The smallest absolute Gasteiger partial charge is 0.243 e. The molecule has 0 atom stereocenters. The molecule has 2 aliphatic carbocycles. The fourth-order valence-corrected chi connectivity index (χ4v) is 3.97. The van der Waals surface area contributed by atoms with Crippen molar-refractivity contribution in [3.63, 3.8) is 0 Å². The predicted molar refractivity (Wildman–Crippen MR) is 104 cm³/mol. The molecule has 140 valence electrons. The molecule has 1 aromatic rings. The Bertz CT molecular complexity index is 690. The molecule has 2 amide bonds. The van der Waals surface area contributed by atoms with Crippen molar-refractivity contribution in [2.45, 2.75) is 71.1 Å². The van der Waals surface area contributed by atoms with E-state index in [1.54, 1.807) is 6.92 Å². The van der Waals surface area contributed by atoms with Crippen LogP contribution in [0.3, 0.4) is 0 Å². The number of anilines is 1. The lowest BCUT2D eigenvalue weighted by molar-refractivity contribution is -0.126. The van der Waals surface area contributed by atoms with Gasteiger partial charge >= 0.3 is 0 Å². The number of benzene rings is 1. The van der Waals surface area contributed by atoms with Gasteiger partial charge in [-0.25, -0.2) is 5.43 Å². The quantitative estimate of drug-likeness (QED) is 0.620. The van der Waals surface area contributed by atoms with Gasteiger partial charge in [0.2, 0.25) is 11.8 Å². The second-order valence-electron chi connectivity index (χ2n) is 7.53. The molecule has 26 heavy (non-hydrogen) atoms. The van der Waals surface area contributed by atoms with Crippen LogP contribution in [0.4, 0.5) is 5.69 Å². The lowest BCUT2D eigenvalue weighted by atomic mass is 9.89.